The van der Waals surface area contributed by atoms with Gasteiger partial charge in [-0.05, 0) is 62.7 Å². The van der Waals surface area contributed by atoms with Crippen molar-refractivity contribution in [3.8, 4) is 5.75 Å². The number of benzene rings is 2. The number of imide groups is 1. The summed E-state index contributed by atoms with van der Waals surface area (Å²) < 4.78 is 0. The van der Waals surface area contributed by atoms with Gasteiger partial charge in [0.15, 0.2) is 0 Å². The van der Waals surface area contributed by atoms with Gasteiger partial charge < -0.3 is 10.4 Å². The summed E-state index contributed by atoms with van der Waals surface area (Å²) in [6.45, 7) is 2.88. The lowest BCUT2D eigenvalue weighted by Crippen LogP contribution is -2.47. The van der Waals surface area contributed by atoms with Crippen molar-refractivity contribution < 1.29 is 19.5 Å². The second-order valence-electron chi connectivity index (χ2n) is 7.99. The molecule has 8 heteroatoms. The first-order valence-electron chi connectivity index (χ1n) is 10.3. The lowest BCUT2D eigenvalue weighted by atomic mass is 9.94. The zero-order valence-corrected chi connectivity index (χ0v) is 17.9. The van der Waals surface area contributed by atoms with Crippen molar-refractivity contribution in [2.75, 3.05) is 23.3 Å². The summed E-state index contributed by atoms with van der Waals surface area (Å²) in [6.07, 6.45) is 1.28. The Kier molecular flexibility index (Phi) is 5.98. The van der Waals surface area contributed by atoms with Crippen molar-refractivity contribution in [2.45, 2.75) is 32.2 Å². The molecular weight excluding hydrogens is 418 g/mol. The average Bonchev–Trinajstić information content (AvgIpc) is 3.06. The molecule has 0 radical (unpaired) electrons. The summed E-state index contributed by atoms with van der Waals surface area (Å²) in [7, 11) is 0. The molecule has 0 saturated carbocycles. The molecule has 7 nitrogen and oxygen atoms in total. The number of rotatable bonds is 4. The number of phenolic OH excluding ortho intramolecular Hbond substituents is 1. The van der Waals surface area contributed by atoms with E-state index in [0.717, 1.165) is 0 Å². The first-order valence-corrected chi connectivity index (χ1v) is 10.7. The van der Waals surface area contributed by atoms with Crippen LogP contribution in [0, 0.1) is 12.8 Å². The second kappa shape index (κ2) is 8.69. The van der Waals surface area contributed by atoms with Crippen LogP contribution >= 0.6 is 11.6 Å². The van der Waals surface area contributed by atoms with Gasteiger partial charge in [0.05, 0.1) is 23.8 Å². The third kappa shape index (κ3) is 4.16. The van der Waals surface area contributed by atoms with E-state index in [-0.39, 0.29) is 35.8 Å². The molecule has 4 rings (SSSR count). The first kappa shape index (κ1) is 21.3. The summed E-state index contributed by atoms with van der Waals surface area (Å²) in [6, 6.07) is 11.3. The fourth-order valence-corrected chi connectivity index (χ4v) is 4.45. The highest BCUT2D eigenvalue weighted by atomic mass is 35.5. The van der Waals surface area contributed by atoms with Gasteiger partial charge in [-0.1, -0.05) is 29.8 Å². The van der Waals surface area contributed by atoms with Gasteiger partial charge in [0.25, 0.3) is 5.91 Å². The number of nitrogens with one attached hydrogen (secondary N) is 1. The predicted molar refractivity (Wildman–Crippen MR) is 118 cm³/mol. The molecule has 2 aromatic carbocycles. The summed E-state index contributed by atoms with van der Waals surface area (Å²) in [5, 5.41) is 13.1. The minimum atomic E-state index is -0.520. The number of piperidine rings is 1. The predicted octanol–water partition coefficient (Wildman–Crippen LogP) is 3.34. The molecule has 0 bridgehead atoms. The largest absolute Gasteiger partial charge is 0.506 e. The summed E-state index contributed by atoms with van der Waals surface area (Å²) in [5.74, 6) is -0.812. The minimum absolute atomic E-state index is 0.0275. The number of halogens is 1. The summed E-state index contributed by atoms with van der Waals surface area (Å²) >= 11 is 6.17. The van der Waals surface area contributed by atoms with Crippen molar-refractivity contribution in [1.29, 1.82) is 0 Å². The maximum absolute atomic E-state index is 13.1. The van der Waals surface area contributed by atoms with Gasteiger partial charge in [-0.15, -0.1) is 0 Å². The number of carbonyl (C=O) groups excluding carboxylic acids is 3. The molecule has 31 heavy (non-hydrogen) atoms. The highest BCUT2D eigenvalue weighted by Gasteiger charge is 2.44. The molecule has 3 amide bonds. The van der Waals surface area contributed by atoms with Crippen LogP contribution in [0.3, 0.4) is 0 Å². The van der Waals surface area contributed by atoms with Crippen molar-refractivity contribution in [3.05, 3.63) is 53.1 Å². The maximum Gasteiger partial charge on any atom is 0.251 e. The van der Waals surface area contributed by atoms with Gasteiger partial charge in [0.2, 0.25) is 11.8 Å². The van der Waals surface area contributed by atoms with E-state index in [2.05, 4.69) is 5.32 Å². The third-order valence-electron chi connectivity index (χ3n) is 6.11. The monoisotopic (exact) mass is 441 g/mol. The molecule has 2 fully saturated rings. The molecule has 2 aliphatic rings. The zero-order chi connectivity index (χ0) is 22.1. The van der Waals surface area contributed by atoms with Crippen molar-refractivity contribution in [2.24, 2.45) is 5.92 Å². The number of nitrogens with zero attached hydrogens (tertiary/aromatic N) is 2. The van der Waals surface area contributed by atoms with Crippen molar-refractivity contribution >= 4 is 40.7 Å². The number of hydrogen-bond acceptors (Lipinski definition) is 5. The Morgan fingerprint density at radius 3 is 2.52 bits per heavy atom. The van der Waals surface area contributed by atoms with Gasteiger partial charge in [-0.2, -0.15) is 0 Å². The number of amides is 3. The number of likely N-dealkylation sites (tertiary alicyclic amines) is 1. The lowest BCUT2D eigenvalue weighted by molar-refractivity contribution is -0.123. The highest BCUT2D eigenvalue weighted by Crippen LogP contribution is 2.33. The molecule has 0 spiro atoms. The molecule has 1 atom stereocenters. The number of para-hydroxylation sites is 2. The van der Waals surface area contributed by atoms with Gasteiger partial charge >= 0.3 is 0 Å². The fourth-order valence-electron chi connectivity index (χ4n) is 4.28. The normalized spacial score (nSPS) is 20.3. The molecule has 0 aliphatic carbocycles. The van der Waals surface area contributed by atoms with Crippen LogP contribution in [0.1, 0.15) is 24.8 Å². The first-order chi connectivity index (χ1) is 14.9. The molecule has 2 saturated heterocycles. The van der Waals surface area contributed by atoms with Crippen LogP contribution in [-0.2, 0) is 14.4 Å². The van der Waals surface area contributed by atoms with Gasteiger partial charge in [-0.25, -0.2) is 4.90 Å². The van der Waals surface area contributed by atoms with E-state index in [1.807, 2.05) is 4.90 Å². The van der Waals surface area contributed by atoms with Crippen LogP contribution < -0.4 is 10.2 Å². The molecule has 2 aromatic rings. The number of carbonyl (C=O) groups is 3. The lowest BCUT2D eigenvalue weighted by Gasteiger charge is -2.34. The van der Waals surface area contributed by atoms with Crippen LogP contribution in [-0.4, -0.2) is 46.9 Å². The molecule has 2 heterocycles. The van der Waals surface area contributed by atoms with Gasteiger partial charge in [0.1, 0.15) is 5.75 Å². The van der Waals surface area contributed by atoms with E-state index in [1.54, 1.807) is 43.3 Å². The molecule has 2 aliphatic heterocycles. The summed E-state index contributed by atoms with van der Waals surface area (Å²) in [5.41, 5.74) is 1.62. The van der Waals surface area contributed by atoms with E-state index in [9.17, 15) is 19.5 Å². The van der Waals surface area contributed by atoms with E-state index in [4.69, 9.17) is 11.6 Å². The third-order valence-corrected chi connectivity index (χ3v) is 6.52. The van der Waals surface area contributed by atoms with Crippen molar-refractivity contribution in [1.82, 2.24) is 4.90 Å². The quantitative estimate of drug-likeness (QED) is 0.561. The van der Waals surface area contributed by atoms with E-state index < -0.39 is 6.04 Å². The molecule has 0 aromatic heterocycles. The zero-order valence-electron chi connectivity index (χ0n) is 17.2. The number of aromatic hydroxyl groups is 1. The van der Waals surface area contributed by atoms with Gasteiger partial charge in [-0.3, -0.25) is 19.3 Å². The van der Waals surface area contributed by atoms with Crippen LogP contribution in [0.2, 0.25) is 5.02 Å². The number of anilines is 2. The minimum Gasteiger partial charge on any atom is -0.506 e. The van der Waals surface area contributed by atoms with Gasteiger partial charge in [0, 0.05) is 10.9 Å². The highest BCUT2D eigenvalue weighted by molar-refractivity contribution is 6.32. The Bertz CT molecular complexity index is 1030. The molecule has 0 unspecified atom stereocenters. The fraction of sp³-hybridized carbons (Fsp3) is 0.348. The molecule has 162 valence electrons. The Morgan fingerprint density at radius 2 is 1.81 bits per heavy atom. The Labute approximate surface area is 185 Å². The smallest absolute Gasteiger partial charge is 0.251 e. The Balaban J connectivity index is 1.39. The number of phenols is 1. The van der Waals surface area contributed by atoms with Crippen LogP contribution in [0.5, 0.6) is 5.75 Å². The van der Waals surface area contributed by atoms with E-state index >= 15 is 0 Å². The van der Waals surface area contributed by atoms with Crippen LogP contribution in [0.15, 0.2) is 42.5 Å². The average molecular weight is 442 g/mol. The molecule has 2 N–H and O–H groups in total. The second-order valence-corrected chi connectivity index (χ2v) is 8.40. The van der Waals surface area contributed by atoms with Crippen LogP contribution in [0.4, 0.5) is 11.4 Å². The Morgan fingerprint density at radius 1 is 1.10 bits per heavy atom. The van der Waals surface area contributed by atoms with Crippen molar-refractivity contribution in [3.63, 3.8) is 0 Å². The SMILES string of the molecule is Cc1c(Cl)cccc1N1C(=O)C[C@H](N2CCC(C(=O)Nc3ccccc3O)CC2)C1=O. The maximum atomic E-state index is 13.1. The number of hydrogen-bond donors (Lipinski definition) is 2. The van der Waals surface area contributed by atoms with Crippen LogP contribution in [0.25, 0.3) is 0 Å². The standard InChI is InChI=1S/C23H24ClN3O4/c1-14-16(24)5-4-7-18(14)27-21(29)13-19(23(27)31)26-11-9-15(10-12-26)22(30)25-17-6-2-3-8-20(17)28/h2-8,15,19,28H,9-13H2,1H3,(H,25,30)/t19-/m0/s1. The molecular formula is C23H24ClN3O4. The summed E-state index contributed by atoms with van der Waals surface area (Å²) in [4.78, 5) is 41.6. The topological polar surface area (TPSA) is 90.0 Å². The van der Waals surface area contributed by atoms with E-state index in [1.165, 1.54) is 11.0 Å². The van der Waals surface area contributed by atoms with E-state index in [0.29, 0.717) is 47.9 Å². The Hall–Kier alpha value is -2.90.